The molecule has 1 saturated heterocycles. The SMILES string of the molecule is O=C(NCc1cccc(-c2ccc([C@H]3O[C@@H](CSc4cccc[n+]4[O-])C[C@@H](c4ccc(CO)cc4)O3)cc2)c1)NC12CC3CC(CC(C3)C1)C2. The van der Waals surface area contributed by atoms with Crippen LogP contribution in [0.4, 0.5) is 4.79 Å². The van der Waals surface area contributed by atoms with Crippen LogP contribution < -0.4 is 15.4 Å². The monoisotopic (exact) mass is 691 g/mol. The average Bonchev–Trinajstić information content (AvgIpc) is 3.13. The number of carbonyl (C=O) groups excluding carboxylic acids is 1. The fourth-order valence-corrected chi connectivity index (χ4v) is 10.1. The van der Waals surface area contributed by atoms with Crippen LogP contribution in [0.5, 0.6) is 0 Å². The molecule has 1 aromatic heterocycles. The molecule has 2 heterocycles. The van der Waals surface area contributed by atoms with Crippen LogP contribution in [0.1, 0.15) is 79.6 Å². The van der Waals surface area contributed by atoms with E-state index in [0.29, 0.717) is 23.7 Å². The van der Waals surface area contributed by atoms with E-state index in [-0.39, 0.29) is 30.4 Å². The molecular formula is C41H45N3O5S. The number of aromatic nitrogens is 1. The Kier molecular flexibility index (Phi) is 9.57. The summed E-state index contributed by atoms with van der Waals surface area (Å²) in [5.41, 5.74) is 5.99. The van der Waals surface area contributed by atoms with Gasteiger partial charge in [0.15, 0.2) is 12.5 Å². The maximum absolute atomic E-state index is 13.1. The standard InChI is InChI=1S/C41H45N3O5S/c45-25-27-7-9-33(10-8-27)37-20-36(26-50-38-6-1-2-15-44(38)47)48-39(49-37)34-13-11-32(12-14-34)35-5-3-4-28(19-35)24-42-40(46)43-41-21-29-16-30(22-41)18-31(17-29)23-41/h1-15,19,29-31,36-37,39,45H,16-18,20-26H2,(H2,42,43,46)/t29?,30?,31?,36-,37+,39+,41?/m1/s1. The Morgan fingerprint density at radius 1 is 0.820 bits per heavy atom. The molecule has 8 nitrogen and oxygen atoms in total. The molecule has 50 heavy (non-hydrogen) atoms. The highest BCUT2D eigenvalue weighted by atomic mass is 32.2. The second kappa shape index (κ2) is 14.4. The van der Waals surface area contributed by atoms with Gasteiger partial charge in [0.25, 0.3) is 5.03 Å². The molecule has 5 aliphatic rings. The molecule has 3 N–H and O–H groups in total. The minimum atomic E-state index is -0.580. The van der Waals surface area contributed by atoms with E-state index >= 15 is 0 Å². The van der Waals surface area contributed by atoms with Crippen molar-refractivity contribution < 1.29 is 24.1 Å². The Morgan fingerprint density at radius 3 is 2.24 bits per heavy atom. The van der Waals surface area contributed by atoms with Gasteiger partial charge in [-0.2, -0.15) is 4.73 Å². The molecule has 4 saturated carbocycles. The number of nitrogens with zero attached hydrogens (tertiary/aromatic N) is 1. The molecule has 0 unspecified atom stereocenters. The van der Waals surface area contributed by atoms with Crippen molar-refractivity contribution >= 4 is 17.8 Å². The van der Waals surface area contributed by atoms with Crippen LogP contribution in [0.25, 0.3) is 11.1 Å². The van der Waals surface area contributed by atoms with Gasteiger partial charge < -0.3 is 30.4 Å². The van der Waals surface area contributed by atoms with Crippen molar-refractivity contribution in [3.8, 4) is 11.1 Å². The zero-order valence-electron chi connectivity index (χ0n) is 28.2. The number of urea groups is 1. The number of ether oxygens (including phenoxy) is 2. The molecule has 9 rings (SSSR count). The molecule has 1 aliphatic heterocycles. The van der Waals surface area contributed by atoms with Gasteiger partial charge in [-0.05, 0) is 96.2 Å². The van der Waals surface area contributed by atoms with Gasteiger partial charge in [-0.1, -0.05) is 78.5 Å². The van der Waals surface area contributed by atoms with Crippen molar-refractivity contribution in [3.63, 3.8) is 0 Å². The second-order valence-corrected chi connectivity index (χ2v) is 15.9. The first-order valence-electron chi connectivity index (χ1n) is 18.0. The van der Waals surface area contributed by atoms with E-state index < -0.39 is 6.29 Å². The summed E-state index contributed by atoms with van der Waals surface area (Å²) >= 11 is 1.48. The van der Waals surface area contributed by atoms with E-state index in [2.05, 4.69) is 41.0 Å². The predicted molar refractivity (Wildman–Crippen MR) is 193 cm³/mol. The number of aliphatic hydroxyl groups excluding tert-OH is 1. The number of thioether (sulfide) groups is 1. The Bertz CT molecular complexity index is 1760. The third-order valence-electron chi connectivity index (χ3n) is 11.1. The molecule has 3 atom stereocenters. The van der Waals surface area contributed by atoms with Crippen LogP contribution in [-0.2, 0) is 22.6 Å². The quantitative estimate of drug-likeness (QED) is 0.0900. The number of pyridine rings is 1. The van der Waals surface area contributed by atoms with Crippen molar-refractivity contribution in [3.05, 3.63) is 125 Å². The number of hydrogen-bond donors (Lipinski definition) is 3. The zero-order valence-corrected chi connectivity index (χ0v) is 29.0. The Morgan fingerprint density at radius 2 is 1.54 bits per heavy atom. The minimum Gasteiger partial charge on any atom is -0.618 e. The number of rotatable bonds is 10. The highest BCUT2D eigenvalue weighted by Gasteiger charge is 2.51. The molecule has 0 spiro atoms. The van der Waals surface area contributed by atoms with E-state index in [9.17, 15) is 15.1 Å². The highest BCUT2D eigenvalue weighted by Crippen LogP contribution is 2.55. The molecule has 4 aromatic rings. The average molecular weight is 692 g/mol. The lowest BCUT2D eigenvalue weighted by Crippen LogP contribution is -2.61. The molecule has 4 aliphatic carbocycles. The Balaban J connectivity index is 0.924. The van der Waals surface area contributed by atoms with E-state index in [1.807, 2.05) is 54.6 Å². The maximum atomic E-state index is 13.1. The summed E-state index contributed by atoms with van der Waals surface area (Å²) in [7, 11) is 0. The number of amides is 2. The Hall–Kier alpha value is -3.89. The molecule has 5 fully saturated rings. The second-order valence-electron chi connectivity index (χ2n) is 14.9. The third kappa shape index (κ3) is 7.42. The molecule has 0 radical (unpaired) electrons. The lowest BCUT2D eigenvalue weighted by Gasteiger charge is -2.56. The van der Waals surface area contributed by atoms with Crippen molar-refractivity contribution in [2.75, 3.05) is 5.75 Å². The third-order valence-corrected chi connectivity index (χ3v) is 12.3. The van der Waals surface area contributed by atoms with Crippen molar-refractivity contribution in [2.24, 2.45) is 17.8 Å². The maximum Gasteiger partial charge on any atom is 0.315 e. The summed E-state index contributed by atoms with van der Waals surface area (Å²) in [6, 6.07) is 29.8. The number of hydrogen-bond acceptors (Lipinski definition) is 6. The van der Waals surface area contributed by atoms with Crippen LogP contribution in [0.15, 0.2) is 102 Å². The summed E-state index contributed by atoms with van der Waals surface area (Å²) in [4.78, 5) is 13.1. The summed E-state index contributed by atoms with van der Waals surface area (Å²) < 4.78 is 13.9. The highest BCUT2D eigenvalue weighted by molar-refractivity contribution is 7.99. The number of carbonyl (C=O) groups is 1. The lowest BCUT2D eigenvalue weighted by atomic mass is 9.53. The van der Waals surface area contributed by atoms with Crippen LogP contribution in [0.2, 0.25) is 0 Å². The number of aliphatic hydroxyl groups is 1. The van der Waals surface area contributed by atoms with Gasteiger partial charge in [0.2, 0.25) is 0 Å². The smallest absolute Gasteiger partial charge is 0.315 e. The first-order chi connectivity index (χ1) is 24.4. The van der Waals surface area contributed by atoms with Crippen LogP contribution in [-0.4, -0.2) is 28.5 Å². The van der Waals surface area contributed by atoms with Gasteiger partial charge in [-0.15, -0.1) is 0 Å². The largest absolute Gasteiger partial charge is 0.618 e. The normalized spacial score (nSPS) is 28.3. The summed E-state index contributed by atoms with van der Waals surface area (Å²) in [5.74, 6) is 2.98. The van der Waals surface area contributed by atoms with Gasteiger partial charge in [0.1, 0.15) is 0 Å². The molecule has 3 aromatic carbocycles. The van der Waals surface area contributed by atoms with Crippen molar-refractivity contribution in [1.82, 2.24) is 10.6 Å². The molecule has 260 valence electrons. The molecule has 2 amide bonds. The van der Waals surface area contributed by atoms with E-state index in [4.69, 9.17) is 9.47 Å². The lowest BCUT2D eigenvalue weighted by molar-refractivity contribution is -0.645. The topological polar surface area (TPSA) is 107 Å². The first-order valence-corrected chi connectivity index (χ1v) is 19.0. The number of nitrogens with one attached hydrogen (secondary N) is 2. The molecular weight excluding hydrogens is 647 g/mol. The van der Waals surface area contributed by atoms with Gasteiger partial charge >= 0.3 is 6.03 Å². The zero-order chi connectivity index (χ0) is 34.1. The summed E-state index contributed by atoms with van der Waals surface area (Å²) in [5, 5.41) is 29.0. The van der Waals surface area contributed by atoms with Gasteiger partial charge in [0, 0.05) is 42.0 Å². The molecule has 9 heteroatoms. The van der Waals surface area contributed by atoms with E-state index in [1.165, 1.54) is 37.2 Å². The van der Waals surface area contributed by atoms with Crippen LogP contribution in [0.3, 0.4) is 0 Å². The van der Waals surface area contributed by atoms with Crippen molar-refractivity contribution in [1.29, 1.82) is 0 Å². The molecule has 4 bridgehead atoms. The minimum absolute atomic E-state index is 0.000987. The van der Waals surface area contributed by atoms with E-state index in [0.717, 1.165) is 75.1 Å². The predicted octanol–water partition coefficient (Wildman–Crippen LogP) is 7.59. The van der Waals surface area contributed by atoms with Crippen LogP contribution >= 0.6 is 11.8 Å². The fraction of sp³-hybridized carbons (Fsp3) is 0.415. The van der Waals surface area contributed by atoms with E-state index in [1.54, 1.807) is 6.07 Å². The first kappa shape index (κ1) is 33.3. The Labute approximate surface area is 298 Å². The summed E-state index contributed by atoms with van der Waals surface area (Å²) in [6.45, 7) is 0.467. The van der Waals surface area contributed by atoms with Gasteiger partial charge in [0.05, 0.1) is 18.8 Å². The van der Waals surface area contributed by atoms with Gasteiger partial charge in [-0.3, -0.25) is 0 Å². The summed E-state index contributed by atoms with van der Waals surface area (Å²) in [6.07, 6.45) is 8.72. The number of benzene rings is 3. The van der Waals surface area contributed by atoms with Crippen molar-refractivity contribution in [2.45, 2.75) is 87.2 Å². The van der Waals surface area contributed by atoms with Crippen LogP contribution in [0, 0.1) is 23.0 Å². The van der Waals surface area contributed by atoms with Gasteiger partial charge in [-0.25, -0.2) is 4.79 Å². The fourth-order valence-electron chi connectivity index (χ4n) is 9.15.